The number of alkyl halides is 2. The number of nitrogens with two attached hydrogens (primary N) is 1. The molecule has 10 heteroatoms. The number of benzene rings is 2. The van der Waals surface area contributed by atoms with Crippen molar-refractivity contribution in [3.8, 4) is 17.3 Å². The Balaban J connectivity index is 1.24. The average molecular weight is 623 g/mol. The number of piperidine rings is 1. The van der Waals surface area contributed by atoms with Gasteiger partial charge in [0.2, 0.25) is 0 Å². The van der Waals surface area contributed by atoms with Gasteiger partial charge in [0.1, 0.15) is 16.9 Å². The van der Waals surface area contributed by atoms with Crippen LogP contribution in [-0.4, -0.2) is 61.6 Å². The molecule has 1 saturated heterocycles. The number of fused-ring (bicyclic) bond motifs is 13. The second kappa shape index (κ2) is 10.1. The molecule has 3 aromatic heterocycles. The molecule has 4 aliphatic rings. The second-order valence-corrected chi connectivity index (χ2v) is 13.6. The zero-order chi connectivity index (χ0) is 31.3. The van der Waals surface area contributed by atoms with Gasteiger partial charge in [0.15, 0.2) is 5.82 Å². The van der Waals surface area contributed by atoms with E-state index in [1.165, 1.54) is 0 Å². The molecule has 4 bridgehead atoms. The minimum absolute atomic E-state index is 0.0218. The van der Waals surface area contributed by atoms with Crippen molar-refractivity contribution in [3.05, 3.63) is 77.5 Å². The van der Waals surface area contributed by atoms with Crippen LogP contribution in [0.15, 0.2) is 60.8 Å². The van der Waals surface area contributed by atoms with Crippen LogP contribution in [0.1, 0.15) is 59.5 Å². The summed E-state index contributed by atoms with van der Waals surface area (Å²) in [6, 6.07) is 17.4. The van der Waals surface area contributed by atoms with Gasteiger partial charge in [-0.3, -0.25) is 4.79 Å². The van der Waals surface area contributed by atoms with Gasteiger partial charge in [-0.2, -0.15) is 0 Å². The minimum atomic E-state index is -2.69. The average Bonchev–Trinajstić information content (AvgIpc) is 3.54. The standard InChI is InChI=1S/C36H36F2N6O2/c1-46-29-17-24(35(45)43-19-23-10-11-27(43)31(23)39)15-26-32(29)44-18-20-6-4-7-21(14-20)30-25(36(30,37)38)9-2-3-13-42-28(34(44)41-26)16-22-8-5-12-40-33(22)42/h4-8,12,14-17,23,25,27,30-31H,2-3,9-11,13,18-19,39H2,1H3/t23-,25-,27-,30?,31-/m1/s1. The molecular formula is C36H36F2N6O2. The summed E-state index contributed by atoms with van der Waals surface area (Å²) in [5.41, 5.74) is 11.7. The van der Waals surface area contributed by atoms with Gasteiger partial charge in [0.25, 0.3) is 11.8 Å². The van der Waals surface area contributed by atoms with Crippen molar-refractivity contribution in [1.82, 2.24) is 24.0 Å². The number of aromatic nitrogens is 4. The quantitative estimate of drug-likeness (QED) is 0.253. The topological polar surface area (TPSA) is 91.2 Å². The molecule has 5 aromatic rings. The number of ether oxygens (including phenoxy) is 1. The van der Waals surface area contributed by atoms with E-state index in [0.29, 0.717) is 60.8 Å². The molecule has 1 unspecified atom stereocenters. The molecule has 0 radical (unpaired) electrons. The number of carbonyl (C=O) groups excluding carboxylic acids is 1. The Morgan fingerprint density at radius 3 is 2.74 bits per heavy atom. The molecule has 9 rings (SSSR count). The van der Waals surface area contributed by atoms with Crippen LogP contribution in [0.2, 0.25) is 0 Å². The highest BCUT2D eigenvalue weighted by Crippen LogP contribution is 2.63. The molecule has 236 valence electrons. The largest absolute Gasteiger partial charge is 0.494 e. The molecule has 8 nitrogen and oxygen atoms in total. The molecule has 1 amide bonds. The zero-order valence-electron chi connectivity index (χ0n) is 25.7. The van der Waals surface area contributed by atoms with E-state index in [9.17, 15) is 4.79 Å². The van der Waals surface area contributed by atoms with Gasteiger partial charge < -0.3 is 24.5 Å². The molecule has 0 spiro atoms. The van der Waals surface area contributed by atoms with Gasteiger partial charge in [-0.05, 0) is 73.1 Å². The number of carbonyl (C=O) groups is 1. The Bertz CT molecular complexity index is 2030. The Kier molecular flexibility index (Phi) is 6.13. The lowest BCUT2D eigenvalue weighted by Gasteiger charge is -2.27. The van der Waals surface area contributed by atoms with Crippen LogP contribution in [0.25, 0.3) is 33.6 Å². The van der Waals surface area contributed by atoms with Crippen LogP contribution in [0, 0.1) is 11.8 Å². The first-order valence-electron chi connectivity index (χ1n) is 16.4. The molecular weight excluding hydrogens is 586 g/mol. The lowest BCUT2D eigenvalue weighted by atomic mass is 10.0. The number of likely N-dealkylation sites (tertiary alicyclic amines) is 1. The Morgan fingerprint density at radius 1 is 1.04 bits per heavy atom. The van der Waals surface area contributed by atoms with Crippen LogP contribution >= 0.6 is 0 Å². The number of imidazole rings is 1. The fourth-order valence-corrected chi connectivity index (χ4v) is 8.71. The molecule has 46 heavy (non-hydrogen) atoms. The van der Waals surface area contributed by atoms with Crippen molar-refractivity contribution in [2.24, 2.45) is 17.6 Å². The van der Waals surface area contributed by atoms with E-state index >= 15 is 8.78 Å². The zero-order valence-corrected chi connectivity index (χ0v) is 25.7. The third-order valence-electron chi connectivity index (χ3n) is 11.1. The van der Waals surface area contributed by atoms with E-state index < -0.39 is 17.8 Å². The SMILES string of the molecule is COc1cc(C(=O)N2C[C@H]3CC[C@@H]2[C@@H]3N)cc2nc3n(c12)Cc1cccc(c1)C1[C@@H](CCCCn2c-3cc3cccnc32)C1(F)F. The van der Waals surface area contributed by atoms with Gasteiger partial charge >= 0.3 is 0 Å². The van der Waals surface area contributed by atoms with Gasteiger partial charge in [0.05, 0.1) is 24.2 Å². The first kappa shape index (κ1) is 28.0. The number of aryl methyl sites for hydroxylation is 1. The molecule has 2 aromatic carbocycles. The van der Waals surface area contributed by atoms with Crippen LogP contribution in [-0.2, 0) is 13.1 Å². The highest BCUT2D eigenvalue weighted by Gasteiger charge is 2.67. The fraction of sp³-hybridized carbons (Fsp3) is 0.417. The van der Waals surface area contributed by atoms with E-state index in [1.807, 2.05) is 53.4 Å². The number of hydrogen-bond acceptors (Lipinski definition) is 5. The molecule has 2 aliphatic carbocycles. The summed E-state index contributed by atoms with van der Waals surface area (Å²) >= 11 is 0. The Morgan fingerprint density at radius 2 is 1.93 bits per heavy atom. The number of halogens is 2. The molecule has 2 N–H and O–H groups in total. The minimum Gasteiger partial charge on any atom is -0.494 e. The fourth-order valence-electron chi connectivity index (χ4n) is 8.71. The monoisotopic (exact) mass is 622 g/mol. The second-order valence-electron chi connectivity index (χ2n) is 13.6. The number of hydrogen-bond donors (Lipinski definition) is 1. The lowest BCUT2D eigenvalue weighted by Crippen LogP contribution is -2.41. The first-order valence-corrected chi connectivity index (χ1v) is 16.4. The predicted octanol–water partition coefficient (Wildman–Crippen LogP) is 6.20. The Hall–Kier alpha value is -4.31. The summed E-state index contributed by atoms with van der Waals surface area (Å²) in [6.45, 7) is 1.70. The van der Waals surface area contributed by atoms with E-state index in [2.05, 4.69) is 15.2 Å². The van der Waals surface area contributed by atoms with Gasteiger partial charge in [-0.1, -0.05) is 30.7 Å². The van der Waals surface area contributed by atoms with Crippen molar-refractivity contribution in [1.29, 1.82) is 0 Å². The van der Waals surface area contributed by atoms with Gasteiger partial charge in [0, 0.05) is 54.8 Å². The number of nitrogens with zero attached hydrogens (tertiary/aromatic N) is 5. The maximum absolute atomic E-state index is 15.1. The summed E-state index contributed by atoms with van der Waals surface area (Å²) in [6.07, 6.45) is 5.70. The van der Waals surface area contributed by atoms with Crippen molar-refractivity contribution in [2.45, 2.75) is 69.1 Å². The summed E-state index contributed by atoms with van der Waals surface area (Å²) in [5, 5.41) is 0.986. The smallest absolute Gasteiger partial charge is 0.258 e. The third kappa shape index (κ3) is 4.08. The molecule has 5 heterocycles. The van der Waals surface area contributed by atoms with Crippen molar-refractivity contribution >= 4 is 28.0 Å². The van der Waals surface area contributed by atoms with E-state index in [0.717, 1.165) is 52.9 Å². The highest BCUT2D eigenvalue weighted by molar-refractivity contribution is 6.00. The highest BCUT2D eigenvalue weighted by atomic mass is 19.3. The van der Waals surface area contributed by atoms with Gasteiger partial charge in [-0.25, -0.2) is 18.7 Å². The maximum atomic E-state index is 15.1. The van der Waals surface area contributed by atoms with Crippen LogP contribution in [0.3, 0.4) is 0 Å². The molecule has 2 aliphatic heterocycles. The molecule has 5 atom stereocenters. The lowest BCUT2D eigenvalue weighted by molar-refractivity contribution is 0.0700. The Labute approximate surface area is 265 Å². The van der Waals surface area contributed by atoms with Crippen molar-refractivity contribution in [3.63, 3.8) is 0 Å². The van der Waals surface area contributed by atoms with E-state index in [4.69, 9.17) is 20.4 Å². The summed E-state index contributed by atoms with van der Waals surface area (Å²) in [4.78, 5) is 25.7. The third-order valence-corrected chi connectivity index (χ3v) is 11.1. The number of methoxy groups -OCH3 is 1. The normalized spacial score (nSPS) is 26.4. The van der Waals surface area contributed by atoms with Crippen LogP contribution in [0.5, 0.6) is 5.75 Å². The van der Waals surface area contributed by atoms with E-state index in [1.54, 1.807) is 13.3 Å². The number of amides is 1. The predicted molar refractivity (Wildman–Crippen MR) is 171 cm³/mol. The summed E-state index contributed by atoms with van der Waals surface area (Å²) < 4.78 is 40.4. The summed E-state index contributed by atoms with van der Waals surface area (Å²) in [7, 11) is 1.61. The molecule has 2 saturated carbocycles. The van der Waals surface area contributed by atoms with Crippen molar-refractivity contribution < 1.29 is 18.3 Å². The molecule has 3 fully saturated rings. The maximum Gasteiger partial charge on any atom is 0.258 e. The van der Waals surface area contributed by atoms with E-state index in [-0.39, 0.29) is 18.0 Å². The number of rotatable bonds is 2. The first-order chi connectivity index (χ1) is 22.3. The van der Waals surface area contributed by atoms with Gasteiger partial charge in [-0.15, -0.1) is 0 Å². The van der Waals surface area contributed by atoms with Crippen molar-refractivity contribution in [2.75, 3.05) is 13.7 Å². The van der Waals surface area contributed by atoms with Crippen LogP contribution < -0.4 is 10.5 Å². The van der Waals surface area contributed by atoms with Crippen LogP contribution in [0.4, 0.5) is 8.78 Å². The number of pyridine rings is 1. The summed E-state index contributed by atoms with van der Waals surface area (Å²) in [5.74, 6) is -2.53.